The largest absolute Gasteiger partial charge is 0.489 e. The summed E-state index contributed by atoms with van der Waals surface area (Å²) in [6.45, 7) is 1.83. The fourth-order valence-electron chi connectivity index (χ4n) is 2.46. The number of nitrogens with one attached hydrogen (secondary N) is 1. The first-order chi connectivity index (χ1) is 12.7. The lowest BCUT2D eigenvalue weighted by atomic mass is 10.2. The third-order valence-electron chi connectivity index (χ3n) is 3.91. The number of imidazole rings is 1. The number of ether oxygens (including phenoxy) is 1. The quantitative estimate of drug-likeness (QED) is 0.612. The van der Waals surface area contributed by atoms with E-state index in [1.54, 1.807) is 36.8 Å². The summed E-state index contributed by atoms with van der Waals surface area (Å²) in [6.07, 6.45) is 6.27. The van der Waals surface area contributed by atoms with Gasteiger partial charge in [0.15, 0.2) is 0 Å². The minimum atomic E-state index is -0.0896. The molecule has 0 saturated carbocycles. The first kappa shape index (κ1) is 18.0. The monoisotopic (exact) mass is 369 g/mol. The zero-order chi connectivity index (χ0) is 18.2. The van der Waals surface area contributed by atoms with Gasteiger partial charge in [0.1, 0.15) is 12.4 Å². The van der Waals surface area contributed by atoms with Gasteiger partial charge < -0.3 is 14.6 Å². The van der Waals surface area contributed by atoms with Crippen molar-refractivity contribution < 1.29 is 9.53 Å². The maximum Gasteiger partial charge on any atom is 0.251 e. The normalized spacial score (nSPS) is 10.5. The van der Waals surface area contributed by atoms with Gasteiger partial charge in [0, 0.05) is 41.6 Å². The zero-order valence-corrected chi connectivity index (χ0v) is 15.0. The molecule has 1 N–H and O–H groups in total. The Morgan fingerprint density at radius 3 is 2.69 bits per heavy atom. The summed E-state index contributed by atoms with van der Waals surface area (Å²) in [5, 5.41) is 3.60. The number of carbonyl (C=O) groups is 1. The van der Waals surface area contributed by atoms with E-state index in [1.807, 2.05) is 35.0 Å². The molecule has 0 unspecified atom stereocenters. The Hall–Kier alpha value is -2.79. The predicted molar refractivity (Wildman–Crippen MR) is 101 cm³/mol. The molecule has 6 heteroatoms. The maximum atomic E-state index is 12.2. The van der Waals surface area contributed by atoms with Crippen LogP contribution < -0.4 is 10.1 Å². The minimum Gasteiger partial charge on any atom is -0.489 e. The lowest BCUT2D eigenvalue weighted by Crippen LogP contribution is -2.25. The van der Waals surface area contributed by atoms with Crippen molar-refractivity contribution in [2.45, 2.75) is 19.6 Å². The fraction of sp³-hybridized carbons (Fsp3) is 0.200. The number of hydrogen-bond acceptors (Lipinski definition) is 3. The summed E-state index contributed by atoms with van der Waals surface area (Å²) in [4.78, 5) is 16.1. The number of benzene rings is 2. The third-order valence-corrected chi connectivity index (χ3v) is 4.28. The van der Waals surface area contributed by atoms with Crippen molar-refractivity contribution in [3.8, 4) is 5.75 Å². The van der Waals surface area contributed by atoms with Gasteiger partial charge in [-0.15, -0.1) is 0 Å². The second kappa shape index (κ2) is 9.06. The van der Waals surface area contributed by atoms with E-state index < -0.39 is 0 Å². The molecule has 0 aliphatic carbocycles. The first-order valence-electron chi connectivity index (χ1n) is 8.42. The highest BCUT2D eigenvalue weighted by Crippen LogP contribution is 2.19. The van der Waals surface area contributed by atoms with Crippen molar-refractivity contribution >= 4 is 17.5 Å². The van der Waals surface area contributed by atoms with Gasteiger partial charge in [0.2, 0.25) is 0 Å². The highest BCUT2D eigenvalue weighted by atomic mass is 35.5. The Balaban J connectivity index is 1.44. The van der Waals surface area contributed by atoms with Crippen molar-refractivity contribution in [2.75, 3.05) is 6.54 Å². The van der Waals surface area contributed by atoms with Crippen LogP contribution in [-0.4, -0.2) is 22.0 Å². The predicted octanol–water partition coefficient (Wildman–Crippen LogP) is 3.94. The zero-order valence-electron chi connectivity index (χ0n) is 14.3. The van der Waals surface area contributed by atoms with Gasteiger partial charge in [-0.05, 0) is 36.8 Å². The molecular formula is C20H20ClN3O2. The number of carbonyl (C=O) groups excluding carboxylic acids is 1. The van der Waals surface area contributed by atoms with Crippen LogP contribution >= 0.6 is 11.6 Å². The van der Waals surface area contributed by atoms with Crippen LogP contribution in [-0.2, 0) is 13.2 Å². The van der Waals surface area contributed by atoms with E-state index in [4.69, 9.17) is 16.3 Å². The highest BCUT2D eigenvalue weighted by molar-refractivity contribution is 6.31. The van der Waals surface area contributed by atoms with Gasteiger partial charge in [0.05, 0.1) is 6.33 Å². The molecule has 2 aromatic carbocycles. The maximum absolute atomic E-state index is 12.2. The van der Waals surface area contributed by atoms with Crippen LogP contribution in [0.1, 0.15) is 22.3 Å². The molecule has 0 aliphatic rings. The van der Waals surface area contributed by atoms with Crippen LogP contribution in [0.4, 0.5) is 0 Å². The lowest BCUT2D eigenvalue weighted by molar-refractivity contribution is 0.0952. The van der Waals surface area contributed by atoms with Crippen LogP contribution in [0.25, 0.3) is 0 Å². The van der Waals surface area contributed by atoms with E-state index in [0.717, 1.165) is 18.5 Å². The Kier molecular flexibility index (Phi) is 6.28. The van der Waals surface area contributed by atoms with Crippen molar-refractivity contribution in [3.63, 3.8) is 0 Å². The summed E-state index contributed by atoms with van der Waals surface area (Å²) in [5.41, 5.74) is 1.53. The molecule has 0 radical (unpaired) electrons. The second-order valence-corrected chi connectivity index (χ2v) is 6.22. The number of rotatable bonds is 8. The third kappa shape index (κ3) is 5.10. The highest BCUT2D eigenvalue weighted by Gasteiger charge is 2.06. The van der Waals surface area contributed by atoms with Gasteiger partial charge in [-0.25, -0.2) is 4.98 Å². The molecule has 3 aromatic rings. The van der Waals surface area contributed by atoms with E-state index in [9.17, 15) is 4.79 Å². The summed E-state index contributed by atoms with van der Waals surface area (Å²) in [5.74, 6) is 0.606. The number of aromatic nitrogens is 2. The molecule has 0 aliphatic heterocycles. The molecule has 3 rings (SSSR count). The molecule has 1 amide bonds. The van der Waals surface area contributed by atoms with Crippen LogP contribution in [0, 0.1) is 0 Å². The van der Waals surface area contributed by atoms with Crippen molar-refractivity contribution in [3.05, 3.63) is 83.4 Å². The summed E-state index contributed by atoms with van der Waals surface area (Å²) < 4.78 is 7.71. The van der Waals surface area contributed by atoms with Gasteiger partial charge in [0.25, 0.3) is 5.91 Å². The van der Waals surface area contributed by atoms with Crippen LogP contribution in [0.15, 0.2) is 67.3 Å². The van der Waals surface area contributed by atoms with Crippen molar-refractivity contribution in [2.24, 2.45) is 0 Å². The average Bonchev–Trinajstić information content (AvgIpc) is 3.18. The van der Waals surface area contributed by atoms with Gasteiger partial charge in [-0.2, -0.15) is 0 Å². The fourth-order valence-corrected chi connectivity index (χ4v) is 2.65. The molecule has 0 fully saturated rings. The van der Waals surface area contributed by atoms with Gasteiger partial charge in [-0.3, -0.25) is 4.79 Å². The molecule has 134 valence electrons. The van der Waals surface area contributed by atoms with E-state index in [1.165, 1.54) is 0 Å². The van der Waals surface area contributed by atoms with Gasteiger partial charge >= 0.3 is 0 Å². The minimum absolute atomic E-state index is 0.0896. The molecule has 0 bridgehead atoms. The van der Waals surface area contributed by atoms with Crippen LogP contribution in [0.2, 0.25) is 5.02 Å². The van der Waals surface area contributed by atoms with Crippen molar-refractivity contribution in [1.29, 1.82) is 0 Å². The Morgan fingerprint density at radius 1 is 1.15 bits per heavy atom. The topological polar surface area (TPSA) is 56.2 Å². The molecule has 5 nitrogen and oxygen atoms in total. The standard InChI is InChI=1S/C20H20ClN3O2/c21-19-5-2-1-4-17(19)14-26-18-8-6-16(7-9-18)20(25)23-10-3-12-24-13-11-22-15-24/h1-2,4-9,11,13,15H,3,10,12,14H2,(H,23,25). The Bertz CT molecular complexity index is 833. The van der Waals surface area contributed by atoms with E-state index >= 15 is 0 Å². The number of aryl methyl sites for hydroxylation is 1. The molecule has 26 heavy (non-hydrogen) atoms. The Labute approximate surface area is 157 Å². The smallest absolute Gasteiger partial charge is 0.251 e. The molecule has 0 spiro atoms. The van der Waals surface area contributed by atoms with Crippen molar-refractivity contribution in [1.82, 2.24) is 14.9 Å². The summed E-state index contributed by atoms with van der Waals surface area (Å²) >= 11 is 6.11. The SMILES string of the molecule is O=C(NCCCn1ccnc1)c1ccc(OCc2ccccc2Cl)cc1. The molecule has 0 saturated heterocycles. The van der Waals surface area contributed by atoms with Crippen LogP contribution in [0.3, 0.4) is 0 Å². The average molecular weight is 370 g/mol. The van der Waals surface area contributed by atoms with Crippen LogP contribution in [0.5, 0.6) is 5.75 Å². The van der Waals surface area contributed by atoms with Gasteiger partial charge in [-0.1, -0.05) is 29.8 Å². The molecule has 0 atom stereocenters. The molecule has 1 aromatic heterocycles. The number of hydrogen-bond donors (Lipinski definition) is 1. The molecule has 1 heterocycles. The lowest BCUT2D eigenvalue weighted by Gasteiger charge is -2.09. The van der Waals surface area contributed by atoms with E-state index in [2.05, 4.69) is 10.3 Å². The van der Waals surface area contributed by atoms with E-state index in [-0.39, 0.29) is 5.91 Å². The molecular weight excluding hydrogens is 350 g/mol. The Morgan fingerprint density at radius 2 is 1.96 bits per heavy atom. The summed E-state index contributed by atoms with van der Waals surface area (Å²) in [6, 6.07) is 14.7. The first-order valence-corrected chi connectivity index (χ1v) is 8.80. The van der Waals surface area contributed by atoms with E-state index in [0.29, 0.717) is 29.5 Å². The number of amides is 1. The second-order valence-electron chi connectivity index (χ2n) is 5.81. The number of halogens is 1. The summed E-state index contributed by atoms with van der Waals surface area (Å²) in [7, 11) is 0. The number of nitrogens with zero attached hydrogens (tertiary/aromatic N) is 2.